The minimum Gasteiger partial charge on any atom is -0.426 e. The summed E-state index contributed by atoms with van der Waals surface area (Å²) in [5, 5.41) is 21.6. The van der Waals surface area contributed by atoms with Crippen LogP contribution >= 0.6 is 0 Å². The van der Waals surface area contributed by atoms with E-state index in [2.05, 4.69) is 5.32 Å². The smallest absolute Gasteiger partial charge is 0.426 e. The molecule has 0 aromatic rings. The molecule has 2 rings (SSSR count). The Bertz CT molecular complexity index is 256. The number of hydrogen-bond acceptors (Lipinski definition) is 4. The first-order valence-corrected chi connectivity index (χ1v) is 6.10. The molecule has 0 saturated carbocycles. The minimum absolute atomic E-state index is 0.0373. The van der Waals surface area contributed by atoms with E-state index >= 15 is 0 Å². The zero-order chi connectivity index (χ0) is 11.5. The Kier molecular flexibility index (Phi) is 3.84. The summed E-state index contributed by atoms with van der Waals surface area (Å²) in [6, 6.07) is -0.118. The lowest BCUT2D eigenvalue weighted by Crippen LogP contribution is -2.53. The molecule has 5 nitrogen and oxygen atoms in total. The molecule has 0 aliphatic carbocycles. The molecule has 2 aliphatic heterocycles. The molecule has 0 bridgehead atoms. The third-order valence-electron chi connectivity index (χ3n) is 3.53. The van der Waals surface area contributed by atoms with Crippen LogP contribution in [0, 0.1) is 0 Å². The predicted octanol–water partition coefficient (Wildman–Crippen LogP) is -0.868. The summed E-state index contributed by atoms with van der Waals surface area (Å²) in [5.74, 6) is -0.369. The van der Waals surface area contributed by atoms with Gasteiger partial charge in [0, 0.05) is 6.54 Å². The van der Waals surface area contributed by atoms with Crippen LogP contribution in [0.25, 0.3) is 0 Å². The topological polar surface area (TPSA) is 72.8 Å². The number of nitrogens with zero attached hydrogens (tertiary/aromatic N) is 1. The van der Waals surface area contributed by atoms with Crippen molar-refractivity contribution in [3.05, 3.63) is 0 Å². The van der Waals surface area contributed by atoms with Gasteiger partial charge in [-0.1, -0.05) is 6.42 Å². The van der Waals surface area contributed by atoms with Crippen molar-refractivity contribution in [2.75, 3.05) is 13.1 Å². The molecule has 6 heteroatoms. The van der Waals surface area contributed by atoms with Crippen LogP contribution in [0.15, 0.2) is 0 Å². The second-order valence-corrected chi connectivity index (χ2v) is 4.66. The molecule has 2 fully saturated rings. The van der Waals surface area contributed by atoms with Gasteiger partial charge in [-0.2, -0.15) is 0 Å². The molecular weight excluding hydrogens is 207 g/mol. The van der Waals surface area contributed by atoms with Crippen LogP contribution in [-0.2, 0) is 4.79 Å². The SMILES string of the molecule is O=C([C@@H]1CCCCN1)N1CCC[C@H]1B(O)O. The van der Waals surface area contributed by atoms with Crippen molar-refractivity contribution < 1.29 is 14.8 Å². The molecule has 1 amide bonds. The summed E-state index contributed by atoms with van der Waals surface area (Å²) in [6.45, 7) is 1.54. The highest BCUT2D eigenvalue weighted by molar-refractivity contribution is 6.43. The highest BCUT2D eigenvalue weighted by Crippen LogP contribution is 2.21. The standard InChI is InChI=1S/C10H19BN2O3/c14-10(8-4-1-2-6-12-8)13-7-3-5-9(13)11(15)16/h8-9,12,15-16H,1-7H2/t8-,9-/m0/s1. The fraction of sp³-hybridized carbons (Fsp3) is 0.900. The highest BCUT2D eigenvalue weighted by Gasteiger charge is 2.39. The second-order valence-electron chi connectivity index (χ2n) is 4.66. The van der Waals surface area contributed by atoms with E-state index in [9.17, 15) is 14.8 Å². The first-order valence-electron chi connectivity index (χ1n) is 6.10. The minimum atomic E-state index is -1.41. The summed E-state index contributed by atoms with van der Waals surface area (Å²) in [6.07, 6.45) is 4.61. The van der Waals surface area contributed by atoms with Gasteiger partial charge in [0.15, 0.2) is 0 Å². The molecule has 0 aromatic heterocycles. The number of rotatable bonds is 2. The molecule has 16 heavy (non-hydrogen) atoms. The summed E-state index contributed by atoms with van der Waals surface area (Å²) in [5.41, 5.74) is 0. The van der Waals surface area contributed by atoms with Gasteiger partial charge >= 0.3 is 7.12 Å². The van der Waals surface area contributed by atoms with Crippen molar-refractivity contribution in [3.63, 3.8) is 0 Å². The average Bonchev–Trinajstić information content (AvgIpc) is 2.78. The molecule has 2 heterocycles. The van der Waals surface area contributed by atoms with Gasteiger partial charge in [0.1, 0.15) is 0 Å². The largest absolute Gasteiger partial charge is 0.475 e. The maximum absolute atomic E-state index is 12.2. The Morgan fingerprint density at radius 3 is 2.69 bits per heavy atom. The van der Waals surface area contributed by atoms with E-state index in [1.165, 1.54) is 0 Å². The number of piperidine rings is 1. The molecule has 0 aromatic carbocycles. The molecule has 2 atom stereocenters. The fourth-order valence-electron chi connectivity index (χ4n) is 2.64. The van der Waals surface area contributed by atoms with Gasteiger partial charge in [-0.05, 0) is 32.2 Å². The van der Waals surface area contributed by atoms with Crippen LogP contribution in [0.1, 0.15) is 32.1 Å². The van der Waals surface area contributed by atoms with Crippen molar-refractivity contribution in [1.82, 2.24) is 10.2 Å². The number of carbonyl (C=O) groups excluding carboxylic acids is 1. The Balaban J connectivity index is 1.97. The first-order chi connectivity index (χ1) is 7.70. The molecule has 0 radical (unpaired) electrons. The van der Waals surface area contributed by atoms with Crippen molar-refractivity contribution in [2.24, 2.45) is 0 Å². The number of hydrogen-bond donors (Lipinski definition) is 3. The van der Waals surface area contributed by atoms with E-state index in [1.54, 1.807) is 4.90 Å². The van der Waals surface area contributed by atoms with Gasteiger partial charge in [0.05, 0.1) is 12.0 Å². The summed E-state index contributed by atoms with van der Waals surface area (Å²) in [4.78, 5) is 13.8. The maximum atomic E-state index is 12.2. The highest BCUT2D eigenvalue weighted by atomic mass is 16.4. The fourth-order valence-corrected chi connectivity index (χ4v) is 2.64. The lowest BCUT2D eigenvalue weighted by Gasteiger charge is -2.30. The normalized spacial score (nSPS) is 30.5. The van der Waals surface area contributed by atoms with E-state index in [-0.39, 0.29) is 11.9 Å². The van der Waals surface area contributed by atoms with Gasteiger partial charge in [0.2, 0.25) is 5.91 Å². The summed E-state index contributed by atoms with van der Waals surface area (Å²) in [7, 11) is -1.41. The second kappa shape index (κ2) is 5.16. The summed E-state index contributed by atoms with van der Waals surface area (Å²) >= 11 is 0. The van der Waals surface area contributed by atoms with Crippen LogP contribution in [0.3, 0.4) is 0 Å². The molecule has 0 unspecified atom stereocenters. The Morgan fingerprint density at radius 1 is 1.25 bits per heavy atom. The monoisotopic (exact) mass is 226 g/mol. The first kappa shape index (κ1) is 11.9. The van der Waals surface area contributed by atoms with Crippen LogP contribution in [0.2, 0.25) is 0 Å². The quantitative estimate of drug-likeness (QED) is 0.535. The molecule has 2 saturated heterocycles. The van der Waals surface area contributed by atoms with E-state index in [1.807, 2.05) is 0 Å². The third kappa shape index (κ3) is 2.39. The van der Waals surface area contributed by atoms with Crippen molar-refractivity contribution >= 4 is 13.0 Å². The lowest BCUT2D eigenvalue weighted by molar-refractivity contribution is -0.134. The number of nitrogens with one attached hydrogen (secondary N) is 1. The predicted molar refractivity (Wildman–Crippen MR) is 60.6 cm³/mol. The van der Waals surface area contributed by atoms with Crippen molar-refractivity contribution in [3.8, 4) is 0 Å². The number of amides is 1. The molecule has 3 N–H and O–H groups in total. The van der Waals surface area contributed by atoms with E-state index < -0.39 is 13.1 Å². The zero-order valence-electron chi connectivity index (χ0n) is 9.43. The molecule has 90 valence electrons. The Morgan fingerprint density at radius 2 is 2.06 bits per heavy atom. The van der Waals surface area contributed by atoms with Gasteiger partial charge in [-0.25, -0.2) is 0 Å². The van der Waals surface area contributed by atoms with Gasteiger partial charge in [-0.15, -0.1) is 0 Å². The van der Waals surface area contributed by atoms with Crippen LogP contribution in [0.4, 0.5) is 0 Å². The van der Waals surface area contributed by atoms with Crippen LogP contribution < -0.4 is 5.32 Å². The van der Waals surface area contributed by atoms with Crippen molar-refractivity contribution in [1.29, 1.82) is 0 Å². The van der Waals surface area contributed by atoms with Crippen LogP contribution in [-0.4, -0.2) is 53.0 Å². The Labute approximate surface area is 96.0 Å². The average molecular weight is 226 g/mol. The molecular formula is C10H19BN2O3. The molecule has 0 spiro atoms. The van der Waals surface area contributed by atoms with Gasteiger partial charge in [-0.3, -0.25) is 4.79 Å². The third-order valence-corrected chi connectivity index (χ3v) is 3.53. The number of likely N-dealkylation sites (tertiary alicyclic amines) is 1. The molecule has 2 aliphatic rings. The summed E-state index contributed by atoms with van der Waals surface area (Å²) < 4.78 is 0. The maximum Gasteiger partial charge on any atom is 0.475 e. The lowest BCUT2D eigenvalue weighted by atomic mass is 9.77. The number of carbonyl (C=O) groups is 1. The van der Waals surface area contributed by atoms with E-state index in [0.29, 0.717) is 13.0 Å². The van der Waals surface area contributed by atoms with Gasteiger partial charge < -0.3 is 20.3 Å². The van der Waals surface area contributed by atoms with E-state index in [4.69, 9.17) is 0 Å². The van der Waals surface area contributed by atoms with Gasteiger partial charge in [0.25, 0.3) is 0 Å². The van der Waals surface area contributed by atoms with Crippen LogP contribution in [0.5, 0.6) is 0 Å². The Hall–Kier alpha value is -0.585. The zero-order valence-corrected chi connectivity index (χ0v) is 9.43. The van der Waals surface area contributed by atoms with E-state index in [0.717, 1.165) is 32.2 Å². The van der Waals surface area contributed by atoms with Crippen molar-refractivity contribution in [2.45, 2.75) is 44.1 Å².